The fourth-order valence-electron chi connectivity index (χ4n) is 2.81. The van der Waals surface area contributed by atoms with Gasteiger partial charge in [0.2, 0.25) is 5.91 Å². The average Bonchev–Trinajstić information content (AvgIpc) is 3.32. The maximum absolute atomic E-state index is 13.0. The van der Waals surface area contributed by atoms with Crippen LogP contribution in [-0.2, 0) is 4.79 Å². The first-order valence-electron chi connectivity index (χ1n) is 9.11. The van der Waals surface area contributed by atoms with Gasteiger partial charge in [-0.25, -0.2) is 4.98 Å². The van der Waals surface area contributed by atoms with E-state index in [2.05, 4.69) is 15.5 Å². The number of fused-ring (bicyclic) bond motifs is 1. The SMILES string of the molecule is CCOc1ccc2nc(SC(C(=O)Nc3cc(C)on3)c3ccccc3)sc2c1. The van der Waals surface area contributed by atoms with Crippen LogP contribution in [0.4, 0.5) is 5.82 Å². The Balaban J connectivity index is 1.61. The van der Waals surface area contributed by atoms with Gasteiger partial charge in [0, 0.05) is 6.07 Å². The number of carbonyl (C=O) groups is 1. The van der Waals surface area contributed by atoms with E-state index >= 15 is 0 Å². The Hall–Kier alpha value is -2.84. The molecule has 0 radical (unpaired) electrons. The minimum Gasteiger partial charge on any atom is -0.494 e. The van der Waals surface area contributed by atoms with E-state index in [-0.39, 0.29) is 5.91 Å². The molecule has 4 aromatic rings. The third-order valence-corrected chi connectivity index (χ3v) is 6.46. The largest absolute Gasteiger partial charge is 0.494 e. The number of rotatable bonds is 7. The maximum Gasteiger partial charge on any atom is 0.243 e. The van der Waals surface area contributed by atoms with E-state index in [0.29, 0.717) is 18.2 Å². The molecule has 0 aliphatic carbocycles. The third-order valence-electron chi connectivity index (χ3n) is 4.09. The van der Waals surface area contributed by atoms with Crippen LogP contribution < -0.4 is 10.1 Å². The van der Waals surface area contributed by atoms with Gasteiger partial charge in [-0.1, -0.05) is 47.3 Å². The molecule has 4 rings (SSSR count). The Morgan fingerprint density at radius 3 is 2.79 bits per heavy atom. The lowest BCUT2D eigenvalue weighted by molar-refractivity contribution is -0.115. The smallest absolute Gasteiger partial charge is 0.243 e. The fraction of sp³-hybridized carbons (Fsp3) is 0.190. The van der Waals surface area contributed by atoms with Crippen LogP contribution in [0.2, 0.25) is 0 Å². The van der Waals surface area contributed by atoms with Crippen molar-refractivity contribution in [1.29, 1.82) is 0 Å². The molecule has 1 atom stereocenters. The van der Waals surface area contributed by atoms with Crippen LogP contribution in [0.25, 0.3) is 10.2 Å². The molecule has 0 aliphatic rings. The summed E-state index contributed by atoms with van der Waals surface area (Å²) in [6.45, 7) is 4.35. The monoisotopic (exact) mass is 425 g/mol. The zero-order valence-electron chi connectivity index (χ0n) is 15.9. The number of amides is 1. The van der Waals surface area contributed by atoms with Gasteiger partial charge < -0.3 is 14.6 Å². The van der Waals surface area contributed by atoms with Crippen LogP contribution in [0.1, 0.15) is 23.5 Å². The number of nitrogens with one attached hydrogen (secondary N) is 1. The number of aryl methyl sites for hydroxylation is 1. The Labute approximate surface area is 176 Å². The second-order valence-electron chi connectivity index (χ2n) is 6.26. The van der Waals surface area contributed by atoms with Gasteiger partial charge in [0.1, 0.15) is 16.8 Å². The normalized spacial score (nSPS) is 12.1. The van der Waals surface area contributed by atoms with Crippen LogP contribution in [0, 0.1) is 6.92 Å². The molecule has 29 heavy (non-hydrogen) atoms. The van der Waals surface area contributed by atoms with E-state index in [4.69, 9.17) is 9.26 Å². The summed E-state index contributed by atoms with van der Waals surface area (Å²) in [5.41, 5.74) is 1.78. The lowest BCUT2D eigenvalue weighted by Gasteiger charge is -2.14. The maximum atomic E-state index is 13.0. The van der Waals surface area contributed by atoms with Gasteiger partial charge in [-0.05, 0) is 37.6 Å². The third kappa shape index (κ3) is 4.60. The fourth-order valence-corrected chi connectivity index (χ4v) is 5.10. The Kier molecular flexibility index (Phi) is 5.82. The van der Waals surface area contributed by atoms with Crippen molar-refractivity contribution < 1.29 is 14.1 Å². The summed E-state index contributed by atoms with van der Waals surface area (Å²) in [6, 6.07) is 17.2. The molecule has 0 saturated heterocycles. The van der Waals surface area contributed by atoms with E-state index in [1.807, 2.05) is 55.5 Å². The molecule has 148 valence electrons. The molecule has 2 aromatic carbocycles. The van der Waals surface area contributed by atoms with Crippen molar-refractivity contribution in [2.45, 2.75) is 23.4 Å². The van der Waals surface area contributed by atoms with Gasteiger partial charge in [-0.15, -0.1) is 11.3 Å². The molecule has 2 aromatic heterocycles. The second kappa shape index (κ2) is 8.67. The molecule has 1 amide bonds. The average molecular weight is 426 g/mol. The molecule has 6 nitrogen and oxygen atoms in total. The first-order valence-corrected chi connectivity index (χ1v) is 10.8. The van der Waals surface area contributed by atoms with Crippen molar-refractivity contribution in [2.75, 3.05) is 11.9 Å². The summed E-state index contributed by atoms with van der Waals surface area (Å²) in [4.78, 5) is 17.7. The van der Waals surface area contributed by atoms with Crippen LogP contribution in [0.5, 0.6) is 5.75 Å². The molecule has 0 fully saturated rings. The molecule has 1 N–H and O–H groups in total. The lowest BCUT2D eigenvalue weighted by atomic mass is 10.1. The predicted molar refractivity (Wildman–Crippen MR) is 116 cm³/mol. The number of anilines is 1. The zero-order chi connectivity index (χ0) is 20.2. The number of thiazole rings is 1. The van der Waals surface area contributed by atoms with Gasteiger partial charge in [0.25, 0.3) is 0 Å². The first-order chi connectivity index (χ1) is 14.1. The quantitative estimate of drug-likeness (QED) is 0.396. The second-order valence-corrected chi connectivity index (χ2v) is 8.65. The number of nitrogens with zero attached hydrogens (tertiary/aromatic N) is 2. The molecule has 8 heteroatoms. The lowest BCUT2D eigenvalue weighted by Crippen LogP contribution is -2.19. The van der Waals surface area contributed by atoms with Crippen LogP contribution in [0.15, 0.2) is 63.5 Å². The van der Waals surface area contributed by atoms with Crippen molar-refractivity contribution in [1.82, 2.24) is 10.1 Å². The topological polar surface area (TPSA) is 77.2 Å². The Bertz CT molecular complexity index is 1120. The molecule has 0 saturated carbocycles. The van der Waals surface area contributed by atoms with Crippen molar-refractivity contribution >= 4 is 45.0 Å². The van der Waals surface area contributed by atoms with Crippen molar-refractivity contribution in [3.05, 3.63) is 65.9 Å². The molecule has 0 spiro atoms. The predicted octanol–water partition coefficient (Wildman–Crippen LogP) is 5.46. The van der Waals surface area contributed by atoms with Gasteiger partial charge in [0.15, 0.2) is 10.2 Å². The summed E-state index contributed by atoms with van der Waals surface area (Å²) < 4.78 is 12.5. The van der Waals surface area contributed by atoms with Crippen molar-refractivity contribution in [3.63, 3.8) is 0 Å². The van der Waals surface area contributed by atoms with Crippen molar-refractivity contribution in [2.24, 2.45) is 0 Å². The number of carbonyl (C=O) groups excluding carboxylic acids is 1. The highest BCUT2D eigenvalue weighted by Crippen LogP contribution is 2.40. The Morgan fingerprint density at radius 2 is 2.07 bits per heavy atom. The van der Waals surface area contributed by atoms with Crippen LogP contribution >= 0.6 is 23.1 Å². The first kappa shape index (κ1) is 19.5. The van der Waals surface area contributed by atoms with Crippen LogP contribution in [0.3, 0.4) is 0 Å². The molecular weight excluding hydrogens is 406 g/mol. The van der Waals surface area contributed by atoms with E-state index in [0.717, 1.165) is 25.9 Å². The minimum atomic E-state index is -0.472. The van der Waals surface area contributed by atoms with E-state index in [1.54, 1.807) is 24.3 Å². The summed E-state index contributed by atoms with van der Waals surface area (Å²) in [7, 11) is 0. The minimum absolute atomic E-state index is 0.177. The molecule has 0 bridgehead atoms. The summed E-state index contributed by atoms with van der Waals surface area (Å²) in [5, 5.41) is 6.22. The number of ether oxygens (including phenoxy) is 1. The molecular formula is C21H19N3O3S2. The molecule has 2 heterocycles. The van der Waals surface area contributed by atoms with Gasteiger partial charge in [-0.3, -0.25) is 4.79 Å². The van der Waals surface area contributed by atoms with E-state index in [9.17, 15) is 4.79 Å². The highest BCUT2D eigenvalue weighted by Gasteiger charge is 2.24. The summed E-state index contributed by atoms with van der Waals surface area (Å²) in [6.07, 6.45) is 0. The standard InChI is InChI=1S/C21H19N3O3S2/c1-3-26-15-9-10-16-17(12-15)28-21(22-16)29-19(14-7-5-4-6-8-14)20(25)23-18-11-13(2)27-24-18/h4-12,19H,3H2,1-2H3,(H,23,24,25). The zero-order valence-corrected chi connectivity index (χ0v) is 17.5. The van der Waals surface area contributed by atoms with Crippen LogP contribution in [-0.4, -0.2) is 22.7 Å². The molecule has 1 unspecified atom stereocenters. The highest BCUT2D eigenvalue weighted by atomic mass is 32.2. The number of hydrogen-bond donors (Lipinski definition) is 1. The highest BCUT2D eigenvalue weighted by molar-refractivity contribution is 8.02. The summed E-state index contributed by atoms with van der Waals surface area (Å²) in [5.74, 6) is 1.68. The van der Waals surface area contributed by atoms with Gasteiger partial charge in [-0.2, -0.15) is 0 Å². The van der Waals surface area contributed by atoms with E-state index in [1.165, 1.54) is 11.8 Å². The van der Waals surface area contributed by atoms with Crippen molar-refractivity contribution in [3.8, 4) is 5.75 Å². The molecule has 0 aliphatic heterocycles. The Morgan fingerprint density at radius 1 is 1.24 bits per heavy atom. The number of thioether (sulfide) groups is 1. The number of benzene rings is 2. The van der Waals surface area contributed by atoms with E-state index < -0.39 is 5.25 Å². The number of aromatic nitrogens is 2. The van der Waals surface area contributed by atoms with Gasteiger partial charge >= 0.3 is 0 Å². The van der Waals surface area contributed by atoms with Gasteiger partial charge in [0.05, 0.1) is 16.8 Å². The number of hydrogen-bond acceptors (Lipinski definition) is 7. The summed E-state index contributed by atoms with van der Waals surface area (Å²) >= 11 is 2.96.